The Morgan fingerprint density at radius 1 is 1.20 bits per heavy atom. The van der Waals surface area contributed by atoms with Gasteiger partial charge in [-0.2, -0.15) is 0 Å². The first kappa shape index (κ1) is 13.1. The highest BCUT2D eigenvalue weighted by Crippen LogP contribution is 2.57. The number of nitrogens with one attached hydrogen (secondary N) is 1. The molecule has 108 valence electrons. The lowest BCUT2D eigenvalue weighted by molar-refractivity contribution is -0.142. The Kier molecular flexibility index (Phi) is 2.93. The van der Waals surface area contributed by atoms with Gasteiger partial charge in [0.05, 0.1) is 5.60 Å². The van der Waals surface area contributed by atoms with Gasteiger partial charge in [0.25, 0.3) is 0 Å². The van der Waals surface area contributed by atoms with Gasteiger partial charge in [0.15, 0.2) is 0 Å². The van der Waals surface area contributed by atoms with Gasteiger partial charge in [-0.05, 0) is 68.1 Å². The second-order valence-electron chi connectivity index (χ2n) is 7.45. The van der Waals surface area contributed by atoms with Gasteiger partial charge in [-0.1, -0.05) is 23.7 Å². The number of benzene rings is 1. The quantitative estimate of drug-likeness (QED) is 0.893. The maximum Gasteiger partial charge on any atom is 0.0670 e. The highest BCUT2D eigenvalue weighted by atomic mass is 35.5. The van der Waals surface area contributed by atoms with E-state index in [0.29, 0.717) is 0 Å². The Hall–Kier alpha value is -0.570. The summed E-state index contributed by atoms with van der Waals surface area (Å²) in [5.41, 5.74) is 1.02. The van der Waals surface area contributed by atoms with Crippen LogP contribution in [0.15, 0.2) is 24.3 Å². The van der Waals surface area contributed by atoms with Crippen LogP contribution in [0.2, 0.25) is 5.02 Å². The molecule has 4 saturated carbocycles. The molecule has 0 saturated heterocycles. The van der Waals surface area contributed by atoms with Crippen LogP contribution in [-0.2, 0) is 6.54 Å². The Labute approximate surface area is 125 Å². The van der Waals surface area contributed by atoms with Crippen LogP contribution in [0.3, 0.4) is 0 Å². The Balaban J connectivity index is 1.51. The molecule has 1 aromatic rings. The van der Waals surface area contributed by atoms with E-state index in [1.54, 1.807) is 0 Å². The molecule has 1 aromatic carbocycles. The summed E-state index contributed by atoms with van der Waals surface area (Å²) in [6, 6.07) is 8.07. The van der Waals surface area contributed by atoms with Gasteiger partial charge >= 0.3 is 0 Å². The summed E-state index contributed by atoms with van der Waals surface area (Å²) < 4.78 is 0. The second kappa shape index (κ2) is 4.46. The van der Waals surface area contributed by atoms with Gasteiger partial charge in [-0.15, -0.1) is 0 Å². The van der Waals surface area contributed by atoms with Crippen molar-refractivity contribution in [2.45, 2.75) is 56.2 Å². The van der Waals surface area contributed by atoms with Crippen LogP contribution in [0, 0.1) is 11.8 Å². The van der Waals surface area contributed by atoms with E-state index in [2.05, 4.69) is 11.4 Å². The molecular formula is C17H22ClNO. The van der Waals surface area contributed by atoms with E-state index >= 15 is 0 Å². The van der Waals surface area contributed by atoms with Gasteiger partial charge in [-0.3, -0.25) is 0 Å². The first-order chi connectivity index (χ1) is 9.54. The Morgan fingerprint density at radius 3 is 2.60 bits per heavy atom. The number of hydrogen-bond donors (Lipinski definition) is 2. The molecule has 0 aliphatic heterocycles. The normalized spacial score (nSPS) is 42.1. The van der Waals surface area contributed by atoms with Crippen LogP contribution in [0.5, 0.6) is 0 Å². The minimum Gasteiger partial charge on any atom is -0.390 e. The highest BCUT2D eigenvalue weighted by Gasteiger charge is 2.56. The van der Waals surface area contributed by atoms with E-state index in [1.165, 1.54) is 24.8 Å². The molecule has 2 atom stereocenters. The van der Waals surface area contributed by atoms with Gasteiger partial charge in [0, 0.05) is 17.1 Å². The Bertz CT molecular complexity index is 515. The molecule has 4 fully saturated rings. The largest absolute Gasteiger partial charge is 0.390 e. The zero-order valence-corrected chi connectivity index (χ0v) is 12.5. The van der Waals surface area contributed by atoms with E-state index in [-0.39, 0.29) is 11.1 Å². The maximum atomic E-state index is 10.7. The molecule has 2 unspecified atom stereocenters. The first-order valence-electron chi connectivity index (χ1n) is 7.76. The summed E-state index contributed by atoms with van der Waals surface area (Å²) in [6.07, 6.45) is 6.82. The van der Waals surface area contributed by atoms with Gasteiger partial charge in [0.1, 0.15) is 0 Å². The summed E-state index contributed by atoms with van der Waals surface area (Å²) in [5, 5.41) is 15.3. The highest BCUT2D eigenvalue weighted by molar-refractivity contribution is 6.30. The zero-order valence-electron chi connectivity index (χ0n) is 11.7. The molecule has 4 aliphatic rings. The lowest BCUT2D eigenvalue weighted by atomic mass is 9.51. The predicted molar refractivity (Wildman–Crippen MR) is 80.7 cm³/mol. The third kappa shape index (κ3) is 2.28. The lowest BCUT2D eigenvalue weighted by Gasteiger charge is -2.60. The van der Waals surface area contributed by atoms with Crippen LogP contribution >= 0.6 is 11.6 Å². The SMILES string of the molecule is OC12CC3CC(C1)CC(NCc1cccc(Cl)c1)(C3)C2. The molecule has 4 aliphatic carbocycles. The molecule has 3 heteroatoms. The molecular weight excluding hydrogens is 270 g/mol. The molecule has 0 aromatic heterocycles. The van der Waals surface area contributed by atoms with Crippen LogP contribution in [0.4, 0.5) is 0 Å². The fourth-order valence-corrected chi connectivity index (χ4v) is 5.57. The van der Waals surface area contributed by atoms with Crippen molar-refractivity contribution in [2.24, 2.45) is 11.8 Å². The van der Waals surface area contributed by atoms with Crippen molar-refractivity contribution in [3.05, 3.63) is 34.9 Å². The van der Waals surface area contributed by atoms with Crippen molar-refractivity contribution in [1.29, 1.82) is 0 Å². The summed E-state index contributed by atoms with van der Waals surface area (Å²) in [6.45, 7) is 0.857. The predicted octanol–water partition coefficient (Wildman–Crippen LogP) is 3.51. The van der Waals surface area contributed by atoms with Crippen LogP contribution in [0.1, 0.15) is 44.1 Å². The molecule has 0 radical (unpaired) electrons. The lowest BCUT2D eigenvalue weighted by Crippen LogP contribution is -2.64. The summed E-state index contributed by atoms with van der Waals surface area (Å²) in [4.78, 5) is 0. The number of rotatable bonds is 3. The summed E-state index contributed by atoms with van der Waals surface area (Å²) in [7, 11) is 0. The van der Waals surface area contributed by atoms with E-state index in [1.807, 2.05) is 18.2 Å². The van der Waals surface area contributed by atoms with E-state index < -0.39 is 0 Å². The van der Waals surface area contributed by atoms with Crippen molar-refractivity contribution >= 4 is 11.6 Å². The van der Waals surface area contributed by atoms with Gasteiger partial charge in [0.2, 0.25) is 0 Å². The first-order valence-corrected chi connectivity index (χ1v) is 8.14. The minimum atomic E-state index is -0.384. The van der Waals surface area contributed by atoms with Crippen LogP contribution in [0.25, 0.3) is 0 Å². The average Bonchev–Trinajstić information content (AvgIpc) is 2.34. The maximum absolute atomic E-state index is 10.7. The molecule has 2 nitrogen and oxygen atoms in total. The molecule has 2 N–H and O–H groups in total. The number of aliphatic hydroxyl groups is 1. The third-order valence-electron chi connectivity index (χ3n) is 5.59. The Morgan fingerprint density at radius 2 is 1.95 bits per heavy atom. The molecule has 0 heterocycles. The zero-order chi connectivity index (χ0) is 13.8. The van der Waals surface area contributed by atoms with E-state index in [9.17, 15) is 5.11 Å². The molecule has 0 spiro atoms. The van der Waals surface area contributed by atoms with E-state index in [4.69, 9.17) is 11.6 Å². The molecule has 20 heavy (non-hydrogen) atoms. The second-order valence-corrected chi connectivity index (χ2v) is 7.89. The summed E-state index contributed by atoms with van der Waals surface area (Å²) in [5.74, 6) is 1.46. The third-order valence-corrected chi connectivity index (χ3v) is 5.82. The fourth-order valence-electron chi connectivity index (χ4n) is 5.36. The smallest absolute Gasteiger partial charge is 0.0670 e. The van der Waals surface area contributed by atoms with Crippen LogP contribution < -0.4 is 5.32 Å². The monoisotopic (exact) mass is 291 g/mol. The topological polar surface area (TPSA) is 32.3 Å². The van der Waals surface area contributed by atoms with Crippen molar-refractivity contribution in [3.63, 3.8) is 0 Å². The molecule has 0 amide bonds. The number of halogens is 1. The van der Waals surface area contributed by atoms with Crippen molar-refractivity contribution < 1.29 is 5.11 Å². The molecule has 5 rings (SSSR count). The van der Waals surface area contributed by atoms with Crippen LogP contribution in [-0.4, -0.2) is 16.2 Å². The van der Waals surface area contributed by atoms with Crippen molar-refractivity contribution in [2.75, 3.05) is 0 Å². The van der Waals surface area contributed by atoms with Gasteiger partial charge < -0.3 is 10.4 Å². The van der Waals surface area contributed by atoms with Crippen molar-refractivity contribution in [1.82, 2.24) is 5.32 Å². The molecule has 4 bridgehead atoms. The van der Waals surface area contributed by atoms with Crippen molar-refractivity contribution in [3.8, 4) is 0 Å². The average molecular weight is 292 g/mol. The fraction of sp³-hybridized carbons (Fsp3) is 0.647. The number of hydrogen-bond acceptors (Lipinski definition) is 2. The van der Waals surface area contributed by atoms with Gasteiger partial charge in [-0.25, -0.2) is 0 Å². The van der Waals surface area contributed by atoms with E-state index in [0.717, 1.165) is 42.7 Å². The summed E-state index contributed by atoms with van der Waals surface area (Å²) >= 11 is 6.05. The minimum absolute atomic E-state index is 0.168. The standard InChI is InChI=1S/C17H22ClNO/c18-15-3-1-2-12(5-15)10-19-16-6-13-4-14(7-16)9-17(20,8-13)11-16/h1-3,5,13-14,19-20H,4,6-11H2.